The zero-order chi connectivity index (χ0) is 13.9. The molecule has 1 unspecified atom stereocenters. The van der Waals surface area contributed by atoms with Crippen LogP contribution in [0.5, 0.6) is 0 Å². The molecular weight excluding hydrogens is 244 g/mol. The van der Waals surface area contributed by atoms with Gasteiger partial charge in [-0.05, 0) is 24.8 Å². The van der Waals surface area contributed by atoms with Gasteiger partial charge in [0.2, 0.25) is 0 Å². The minimum atomic E-state index is -0.936. The van der Waals surface area contributed by atoms with E-state index in [9.17, 15) is 20.2 Å². The lowest BCUT2D eigenvalue weighted by molar-refractivity contribution is -0.384. The van der Waals surface area contributed by atoms with Crippen molar-refractivity contribution in [2.24, 2.45) is 5.41 Å². The van der Waals surface area contributed by atoms with E-state index in [1.165, 1.54) is 12.1 Å². The molecular formula is C14H14N2O3. The summed E-state index contributed by atoms with van der Waals surface area (Å²) >= 11 is 0. The number of Topliss-reactive ketones (excluding diaryl/α,β-unsaturated/α-hetero) is 1. The molecule has 5 nitrogen and oxygen atoms in total. The van der Waals surface area contributed by atoms with Crippen LogP contribution < -0.4 is 0 Å². The fourth-order valence-corrected chi connectivity index (χ4v) is 2.52. The monoisotopic (exact) mass is 258 g/mol. The van der Waals surface area contributed by atoms with Gasteiger partial charge in [0.05, 0.1) is 11.0 Å². The number of hydrogen-bond acceptors (Lipinski definition) is 4. The Hall–Kier alpha value is -2.22. The van der Waals surface area contributed by atoms with E-state index in [2.05, 4.69) is 6.07 Å². The second kappa shape index (κ2) is 5.19. The van der Waals surface area contributed by atoms with Gasteiger partial charge in [-0.2, -0.15) is 5.26 Å². The van der Waals surface area contributed by atoms with Gasteiger partial charge in [0.25, 0.3) is 5.69 Å². The standard InChI is InChI=1S/C14H14N2O3/c15-10-14(8-2-1-3-13(14)17)9-11-4-6-12(7-5-11)16(18)19/h4-7H,1-3,8-9H2. The Morgan fingerprint density at radius 2 is 2.00 bits per heavy atom. The first-order valence-electron chi connectivity index (χ1n) is 6.25. The highest BCUT2D eigenvalue weighted by molar-refractivity contribution is 5.88. The number of nitriles is 1. The van der Waals surface area contributed by atoms with Gasteiger partial charge in [-0.25, -0.2) is 0 Å². The lowest BCUT2D eigenvalue weighted by Gasteiger charge is -2.29. The molecule has 0 aliphatic heterocycles. The van der Waals surface area contributed by atoms with Crippen molar-refractivity contribution in [3.63, 3.8) is 0 Å². The molecule has 1 fully saturated rings. The molecule has 0 bridgehead atoms. The van der Waals surface area contributed by atoms with E-state index in [-0.39, 0.29) is 11.5 Å². The Morgan fingerprint density at radius 1 is 1.32 bits per heavy atom. The van der Waals surface area contributed by atoms with E-state index >= 15 is 0 Å². The molecule has 0 saturated heterocycles. The van der Waals surface area contributed by atoms with E-state index in [4.69, 9.17) is 0 Å². The molecule has 19 heavy (non-hydrogen) atoms. The first-order valence-corrected chi connectivity index (χ1v) is 6.25. The summed E-state index contributed by atoms with van der Waals surface area (Å²) in [6.45, 7) is 0. The molecule has 0 N–H and O–H groups in total. The third kappa shape index (κ3) is 2.63. The molecule has 1 saturated carbocycles. The van der Waals surface area contributed by atoms with Crippen LogP contribution in [0.4, 0.5) is 5.69 Å². The third-order valence-corrected chi connectivity index (χ3v) is 3.66. The number of nitrogens with zero attached hydrogens (tertiary/aromatic N) is 2. The summed E-state index contributed by atoms with van der Waals surface area (Å²) in [5, 5.41) is 19.9. The summed E-state index contributed by atoms with van der Waals surface area (Å²) in [6, 6.07) is 8.24. The highest BCUT2D eigenvalue weighted by Crippen LogP contribution is 2.36. The van der Waals surface area contributed by atoms with Crippen molar-refractivity contribution >= 4 is 11.5 Å². The first kappa shape index (κ1) is 13.2. The molecule has 0 heterocycles. The van der Waals surface area contributed by atoms with E-state index < -0.39 is 10.3 Å². The van der Waals surface area contributed by atoms with Crippen molar-refractivity contribution in [2.75, 3.05) is 0 Å². The molecule has 0 aromatic heterocycles. The Kier molecular flexibility index (Phi) is 3.61. The van der Waals surface area contributed by atoms with Gasteiger partial charge in [0.1, 0.15) is 5.41 Å². The van der Waals surface area contributed by atoms with Gasteiger partial charge in [0, 0.05) is 18.6 Å². The lowest BCUT2D eigenvalue weighted by atomic mass is 9.70. The fraction of sp³-hybridized carbons (Fsp3) is 0.429. The molecule has 98 valence electrons. The summed E-state index contributed by atoms with van der Waals surface area (Å²) < 4.78 is 0. The van der Waals surface area contributed by atoms with E-state index in [1.807, 2.05) is 0 Å². The topological polar surface area (TPSA) is 84.0 Å². The number of carbonyl (C=O) groups excluding carboxylic acids is 1. The second-order valence-corrected chi connectivity index (χ2v) is 4.92. The van der Waals surface area contributed by atoms with Crippen LogP contribution in [0.2, 0.25) is 0 Å². The SMILES string of the molecule is N#CC1(Cc2ccc([N+](=O)[O-])cc2)CCCCC1=O. The molecule has 1 aliphatic rings. The molecule has 1 atom stereocenters. The van der Waals surface area contributed by atoms with Crippen LogP contribution in [-0.4, -0.2) is 10.7 Å². The van der Waals surface area contributed by atoms with Crippen molar-refractivity contribution in [2.45, 2.75) is 32.1 Å². The minimum Gasteiger partial charge on any atom is -0.298 e. The summed E-state index contributed by atoms with van der Waals surface area (Å²) in [5.74, 6) is -0.000368. The Balaban J connectivity index is 2.21. The van der Waals surface area contributed by atoms with E-state index in [0.717, 1.165) is 18.4 Å². The number of nitro benzene ring substituents is 1. The number of hydrogen-bond donors (Lipinski definition) is 0. The molecule has 0 amide bonds. The van der Waals surface area contributed by atoms with Crippen LogP contribution in [-0.2, 0) is 11.2 Å². The van der Waals surface area contributed by atoms with E-state index in [0.29, 0.717) is 19.3 Å². The smallest absolute Gasteiger partial charge is 0.269 e. The maximum absolute atomic E-state index is 12.0. The van der Waals surface area contributed by atoms with Crippen molar-refractivity contribution < 1.29 is 9.72 Å². The van der Waals surface area contributed by atoms with Crippen LogP contribution in [0, 0.1) is 26.9 Å². The van der Waals surface area contributed by atoms with Crippen molar-refractivity contribution in [1.29, 1.82) is 5.26 Å². The Bertz CT molecular complexity index is 545. The van der Waals surface area contributed by atoms with Crippen LogP contribution in [0.25, 0.3) is 0 Å². The number of non-ortho nitro benzene ring substituents is 1. The fourth-order valence-electron chi connectivity index (χ4n) is 2.52. The number of benzene rings is 1. The molecule has 5 heteroatoms. The van der Waals surface area contributed by atoms with Crippen LogP contribution in [0.15, 0.2) is 24.3 Å². The zero-order valence-corrected chi connectivity index (χ0v) is 10.5. The lowest BCUT2D eigenvalue weighted by Crippen LogP contribution is -2.34. The van der Waals surface area contributed by atoms with Crippen LogP contribution in [0.3, 0.4) is 0 Å². The van der Waals surface area contributed by atoms with Gasteiger partial charge in [0.15, 0.2) is 5.78 Å². The maximum atomic E-state index is 12.0. The Morgan fingerprint density at radius 3 is 2.53 bits per heavy atom. The number of ketones is 1. The normalized spacial score (nSPS) is 22.8. The quantitative estimate of drug-likeness (QED) is 0.616. The van der Waals surface area contributed by atoms with Crippen LogP contribution in [0.1, 0.15) is 31.2 Å². The third-order valence-electron chi connectivity index (χ3n) is 3.66. The number of carbonyl (C=O) groups is 1. The van der Waals surface area contributed by atoms with Crippen LogP contribution >= 0.6 is 0 Å². The molecule has 0 spiro atoms. The summed E-state index contributed by atoms with van der Waals surface area (Å²) in [4.78, 5) is 22.1. The highest BCUT2D eigenvalue weighted by Gasteiger charge is 2.40. The van der Waals surface area contributed by atoms with E-state index in [1.54, 1.807) is 12.1 Å². The minimum absolute atomic E-state index is 0.000368. The van der Waals surface area contributed by atoms with Gasteiger partial charge >= 0.3 is 0 Å². The number of rotatable bonds is 3. The average Bonchev–Trinajstić information content (AvgIpc) is 2.42. The first-order chi connectivity index (χ1) is 9.07. The second-order valence-electron chi connectivity index (χ2n) is 4.92. The van der Waals surface area contributed by atoms with Gasteiger partial charge in [-0.15, -0.1) is 0 Å². The molecule has 2 rings (SSSR count). The predicted molar refractivity (Wildman–Crippen MR) is 68.3 cm³/mol. The number of nitro groups is 1. The largest absolute Gasteiger partial charge is 0.298 e. The predicted octanol–water partition coefficient (Wildman–Crippen LogP) is 2.79. The highest BCUT2D eigenvalue weighted by atomic mass is 16.6. The Labute approximate surface area is 111 Å². The summed E-state index contributed by atoms with van der Waals surface area (Å²) in [6.07, 6.45) is 3.12. The molecule has 0 radical (unpaired) electrons. The summed E-state index contributed by atoms with van der Waals surface area (Å²) in [7, 11) is 0. The molecule has 1 aromatic rings. The van der Waals surface area contributed by atoms with Gasteiger partial charge in [-0.3, -0.25) is 14.9 Å². The van der Waals surface area contributed by atoms with Crippen molar-refractivity contribution in [1.82, 2.24) is 0 Å². The van der Waals surface area contributed by atoms with Crippen molar-refractivity contribution in [3.8, 4) is 6.07 Å². The average molecular weight is 258 g/mol. The van der Waals surface area contributed by atoms with Gasteiger partial charge in [-0.1, -0.05) is 18.6 Å². The van der Waals surface area contributed by atoms with Gasteiger partial charge < -0.3 is 0 Å². The zero-order valence-electron chi connectivity index (χ0n) is 10.5. The molecule has 1 aliphatic carbocycles. The van der Waals surface area contributed by atoms with Crippen molar-refractivity contribution in [3.05, 3.63) is 39.9 Å². The molecule has 1 aromatic carbocycles. The summed E-state index contributed by atoms with van der Waals surface area (Å²) in [5.41, 5.74) is -0.124. The maximum Gasteiger partial charge on any atom is 0.269 e.